The molecule has 1 aliphatic heterocycles. The van der Waals surface area contributed by atoms with Crippen molar-refractivity contribution in [3.63, 3.8) is 0 Å². The third-order valence-corrected chi connectivity index (χ3v) is 5.90. The number of morpholine rings is 1. The molecule has 32 heavy (non-hydrogen) atoms. The van der Waals surface area contributed by atoms with Gasteiger partial charge in [0.1, 0.15) is 0 Å². The quantitative estimate of drug-likeness (QED) is 0.434. The Kier molecular flexibility index (Phi) is 6.28. The second-order valence-electron chi connectivity index (χ2n) is 8.18. The van der Waals surface area contributed by atoms with E-state index in [-0.39, 0.29) is 0 Å². The number of hydrogen-bond acceptors (Lipinski definition) is 3. The second kappa shape index (κ2) is 9.81. The summed E-state index contributed by atoms with van der Waals surface area (Å²) < 4.78 is 5.42. The van der Waals surface area contributed by atoms with Crippen molar-refractivity contribution >= 4 is 35.2 Å². The average molecular weight is 425 g/mol. The van der Waals surface area contributed by atoms with E-state index in [0.29, 0.717) is 0 Å². The highest BCUT2D eigenvalue weighted by Gasteiger charge is 2.09. The van der Waals surface area contributed by atoms with Crippen LogP contribution >= 0.6 is 0 Å². The summed E-state index contributed by atoms with van der Waals surface area (Å²) in [5, 5.41) is 8.71. The maximum Gasteiger partial charge on any atom is 0.0854 e. The lowest BCUT2D eigenvalue weighted by atomic mass is 10.1. The molecule has 162 valence electrons. The number of aromatic amines is 2. The summed E-state index contributed by atoms with van der Waals surface area (Å²) in [7, 11) is 0. The summed E-state index contributed by atoms with van der Waals surface area (Å²) in [6.07, 6.45) is 11.3. The van der Waals surface area contributed by atoms with Crippen molar-refractivity contribution in [2.45, 2.75) is 6.42 Å². The first-order valence-electron chi connectivity index (χ1n) is 11.2. The molecule has 0 saturated carbocycles. The van der Waals surface area contributed by atoms with E-state index in [0.717, 1.165) is 61.7 Å². The number of aromatic nitrogens is 3. The van der Waals surface area contributed by atoms with Crippen molar-refractivity contribution < 1.29 is 4.74 Å². The summed E-state index contributed by atoms with van der Waals surface area (Å²) in [5.41, 5.74) is 6.75. The minimum absolute atomic E-state index is 0.859. The van der Waals surface area contributed by atoms with Crippen molar-refractivity contribution in [3.05, 3.63) is 88.9 Å². The molecule has 5 rings (SSSR count). The zero-order valence-electron chi connectivity index (χ0n) is 18.1. The number of H-pyrrole nitrogens is 2. The number of ether oxygens (including phenoxy) is 1. The first-order chi connectivity index (χ1) is 15.8. The van der Waals surface area contributed by atoms with Crippen molar-refractivity contribution in [2.75, 3.05) is 32.8 Å². The number of nitrogens with zero attached hydrogens (tertiary/aromatic N) is 2. The van der Waals surface area contributed by atoms with Crippen LogP contribution in [0.2, 0.25) is 0 Å². The molecule has 1 saturated heterocycles. The Hall–Kier alpha value is -3.41. The lowest BCUT2D eigenvalue weighted by Crippen LogP contribution is -2.37. The summed E-state index contributed by atoms with van der Waals surface area (Å²) in [6, 6.07) is 19.3. The van der Waals surface area contributed by atoms with Crippen LogP contribution in [0.4, 0.5) is 0 Å². The number of hydrogen-bond donors (Lipinski definition) is 2. The highest BCUT2D eigenvalue weighted by molar-refractivity contribution is 5.83. The molecule has 5 nitrogen and oxygen atoms in total. The summed E-state index contributed by atoms with van der Waals surface area (Å²) in [6.45, 7) is 4.91. The van der Waals surface area contributed by atoms with Crippen LogP contribution in [-0.4, -0.2) is 52.9 Å². The predicted molar refractivity (Wildman–Crippen MR) is 132 cm³/mol. The summed E-state index contributed by atoms with van der Waals surface area (Å²) in [5.74, 6) is 0. The van der Waals surface area contributed by atoms with E-state index in [1.165, 1.54) is 16.5 Å². The van der Waals surface area contributed by atoms with Crippen LogP contribution in [0.3, 0.4) is 0 Å². The molecule has 4 aromatic rings. The van der Waals surface area contributed by atoms with E-state index in [9.17, 15) is 0 Å². The van der Waals surface area contributed by atoms with E-state index in [1.54, 1.807) is 0 Å². The van der Waals surface area contributed by atoms with Gasteiger partial charge in [0, 0.05) is 31.3 Å². The van der Waals surface area contributed by atoms with Crippen LogP contribution in [0.5, 0.6) is 0 Å². The Labute approximate surface area is 188 Å². The van der Waals surface area contributed by atoms with Crippen molar-refractivity contribution in [1.29, 1.82) is 0 Å². The van der Waals surface area contributed by atoms with Gasteiger partial charge in [-0.25, -0.2) is 0 Å². The molecule has 2 aromatic carbocycles. The fourth-order valence-corrected chi connectivity index (χ4v) is 3.97. The number of rotatable bonds is 7. The second-order valence-corrected chi connectivity index (χ2v) is 8.18. The maximum absolute atomic E-state index is 5.42. The van der Waals surface area contributed by atoms with Gasteiger partial charge in [-0.1, -0.05) is 48.6 Å². The molecule has 0 amide bonds. The molecular formula is C27H28N4O. The van der Waals surface area contributed by atoms with Gasteiger partial charge in [-0.05, 0) is 58.8 Å². The van der Waals surface area contributed by atoms with E-state index in [2.05, 4.69) is 92.9 Å². The van der Waals surface area contributed by atoms with Gasteiger partial charge in [0.05, 0.1) is 24.6 Å². The lowest BCUT2D eigenvalue weighted by molar-refractivity contribution is 0.0384. The third kappa shape index (κ3) is 5.25. The van der Waals surface area contributed by atoms with E-state index < -0.39 is 0 Å². The minimum atomic E-state index is 0.859. The van der Waals surface area contributed by atoms with Gasteiger partial charge in [0.2, 0.25) is 0 Å². The fraction of sp³-hybridized carbons (Fsp3) is 0.222. The topological polar surface area (TPSA) is 56.9 Å². The molecule has 1 fully saturated rings. The van der Waals surface area contributed by atoms with E-state index >= 15 is 0 Å². The SMILES string of the molecule is C(=C\c1cc(/C=C/c2ccc3cc[nH]c3c2)n[nH]1)/c1ccc(CCN2CCOCC2)cc1. The van der Waals surface area contributed by atoms with Gasteiger partial charge in [0.25, 0.3) is 0 Å². The monoisotopic (exact) mass is 424 g/mol. The molecule has 2 N–H and O–H groups in total. The largest absolute Gasteiger partial charge is 0.379 e. The van der Waals surface area contributed by atoms with E-state index in [1.807, 2.05) is 12.3 Å². The zero-order valence-corrected chi connectivity index (χ0v) is 18.1. The van der Waals surface area contributed by atoms with Crippen LogP contribution in [0.25, 0.3) is 35.2 Å². The number of fused-ring (bicyclic) bond motifs is 1. The van der Waals surface area contributed by atoms with Gasteiger partial charge in [-0.15, -0.1) is 0 Å². The third-order valence-electron chi connectivity index (χ3n) is 5.90. The Morgan fingerprint density at radius 3 is 2.56 bits per heavy atom. The molecule has 0 unspecified atom stereocenters. The molecule has 2 aromatic heterocycles. The van der Waals surface area contributed by atoms with Crippen molar-refractivity contribution in [2.24, 2.45) is 0 Å². The van der Waals surface area contributed by atoms with Crippen LogP contribution in [-0.2, 0) is 11.2 Å². The summed E-state index contributed by atoms with van der Waals surface area (Å²) in [4.78, 5) is 5.72. The van der Waals surface area contributed by atoms with Gasteiger partial charge in [0.15, 0.2) is 0 Å². The van der Waals surface area contributed by atoms with Crippen molar-refractivity contribution in [1.82, 2.24) is 20.1 Å². The first-order valence-corrected chi connectivity index (χ1v) is 11.2. The average Bonchev–Trinajstić information content (AvgIpc) is 3.50. The molecule has 5 heteroatoms. The van der Waals surface area contributed by atoms with Gasteiger partial charge in [-0.3, -0.25) is 10.00 Å². The zero-order chi connectivity index (χ0) is 21.6. The van der Waals surface area contributed by atoms with Gasteiger partial charge in [-0.2, -0.15) is 5.10 Å². The highest BCUT2D eigenvalue weighted by atomic mass is 16.5. The highest BCUT2D eigenvalue weighted by Crippen LogP contribution is 2.16. The van der Waals surface area contributed by atoms with Crippen LogP contribution in [0, 0.1) is 0 Å². The van der Waals surface area contributed by atoms with Gasteiger partial charge < -0.3 is 9.72 Å². The van der Waals surface area contributed by atoms with Crippen LogP contribution in [0.1, 0.15) is 28.1 Å². The standard InChI is InChI=1S/C27H28N4O/c1-3-22(12-14-31-15-17-32-18-16-31)4-2-21(1)6-9-25-20-26(30-29-25)10-7-23-5-8-24-11-13-28-27(24)19-23/h1-11,13,19-20,28H,12,14-18H2,(H,29,30)/b9-6+,10-7+. The smallest absolute Gasteiger partial charge is 0.0854 e. The number of benzene rings is 2. The van der Waals surface area contributed by atoms with E-state index in [4.69, 9.17) is 4.74 Å². The molecule has 0 radical (unpaired) electrons. The molecule has 3 heterocycles. The molecule has 0 spiro atoms. The summed E-state index contributed by atoms with van der Waals surface area (Å²) >= 11 is 0. The van der Waals surface area contributed by atoms with Crippen molar-refractivity contribution in [3.8, 4) is 0 Å². The van der Waals surface area contributed by atoms with Crippen LogP contribution < -0.4 is 0 Å². The molecule has 0 bridgehead atoms. The molecular weight excluding hydrogens is 396 g/mol. The number of nitrogens with one attached hydrogen (secondary N) is 2. The molecule has 0 aliphatic carbocycles. The molecule has 1 aliphatic rings. The Morgan fingerprint density at radius 2 is 1.69 bits per heavy atom. The predicted octanol–water partition coefficient (Wildman–Crippen LogP) is 5.11. The normalized spacial score (nSPS) is 15.4. The Morgan fingerprint density at radius 1 is 0.875 bits per heavy atom. The lowest BCUT2D eigenvalue weighted by Gasteiger charge is -2.26. The maximum atomic E-state index is 5.42. The first kappa shape index (κ1) is 20.5. The van der Waals surface area contributed by atoms with Gasteiger partial charge >= 0.3 is 0 Å². The minimum Gasteiger partial charge on any atom is -0.379 e. The molecule has 0 atom stereocenters. The Balaban J connectivity index is 1.16. The van der Waals surface area contributed by atoms with Crippen LogP contribution in [0.15, 0.2) is 60.8 Å². The fourth-order valence-electron chi connectivity index (χ4n) is 3.97. The Bertz CT molecular complexity index is 1210.